The van der Waals surface area contributed by atoms with E-state index >= 15 is 0 Å². The highest BCUT2D eigenvalue weighted by Gasteiger charge is 2.11. The van der Waals surface area contributed by atoms with E-state index in [9.17, 15) is 5.11 Å². The Morgan fingerprint density at radius 3 is 2.91 bits per heavy atom. The Balaban J connectivity index is 2.37. The SMILES string of the molecule is NCCC(O)C1=CCCCC1. The van der Waals surface area contributed by atoms with Crippen molar-refractivity contribution < 1.29 is 5.11 Å². The van der Waals surface area contributed by atoms with E-state index in [1.165, 1.54) is 18.4 Å². The fourth-order valence-electron chi connectivity index (χ4n) is 1.51. The van der Waals surface area contributed by atoms with Crippen molar-refractivity contribution in [3.63, 3.8) is 0 Å². The Hall–Kier alpha value is -0.340. The second-order valence-electron chi connectivity index (χ2n) is 3.12. The van der Waals surface area contributed by atoms with Gasteiger partial charge in [0.25, 0.3) is 0 Å². The standard InChI is InChI=1S/C9H17NO/c10-7-6-9(11)8-4-2-1-3-5-8/h4,9,11H,1-3,5-7,10H2. The summed E-state index contributed by atoms with van der Waals surface area (Å²) in [7, 11) is 0. The normalized spacial score (nSPS) is 21.1. The molecule has 0 aromatic heterocycles. The zero-order chi connectivity index (χ0) is 8.10. The second kappa shape index (κ2) is 4.52. The van der Waals surface area contributed by atoms with Gasteiger partial charge in [-0.1, -0.05) is 6.08 Å². The number of aliphatic hydroxyl groups excluding tert-OH is 1. The Bertz CT molecular complexity index is 142. The van der Waals surface area contributed by atoms with Crippen molar-refractivity contribution in [2.75, 3.05) is 6.54 Å². The topological polar surface area (TPSA) is 46.2 Å². The molecule has 0 fully saturated rings. The van der Waals surface area contributed by atoms with Gasteiger partial charge in [0.1, 0.15) is 0 Å². The number of hydrogen-bond donors (Lipinski definition) is 2. The molecule has 0 amide bonds. The summed E-state index contributed by atoms with van der Waals surface area (Å²) in [6.45, 7) is 0.582. The van der Waals surface area contributed by atoms with Crippen LogP contribution in [0, 0.1) is 0 Å². The first kappa shape index (κ1) is 8.75. The Morgan fingerprint density at radius 1 is 1.55 bits per heavy atom. The second-order valence-corrected chi connectivity index (χ2v) is 3.12. The lowest BCUT2D eigenvalue weighted by Gasteiger charge is -2.17. The first-order chi connectivity index (χ1) is 5.34. The van der Waals surface area contributed by atoms with E-state index in [4.69, 9.17) is 5.73 Å². The van der Waals surface area contributed by atoms with Gasteiger partial charge in [-0.05, 0) is 44.2 Å². The van der Waals surface area contributed by atoms with E-state index in [1.54, 1.807) is 0 Å². The van der Waals surface area contributed by atoms with E-state index in [-0.39, 0.29) is 6.10 Å². The summed E-state index contributed by atoms with van der Waals surface area (Å²) in [5.74, 6) is 0. The van der Waals surface area contributed by atoms with Crippen LogP contribution in [0.1, 0.15) is 32.1 Å². The summed E-state index contributed by atoms with van der Waals surface area (Å²) in [6, 6.07) is 0. The molecule has 3 N–H and O–H groups in total. The molecule has 0 saturated heterocycles. The summed E-state index contributed by atoms with van der Waals surface area (Å²) in [5, 5.41) is 9.53. The minimum absolute atomic E-state index is 0.264. The highest BCUT2D eigenvalue weighted by Crippen LogP contribution is 2.21. The van der Waals surface area contributed by atoms with Gasteiger partial charge < -0.3 is 10.8 Å². The van der Waals surface area contributed by atoms with Crippen molar-refractivity contribution in [2.45, 2.75) is 38.2 Å². The van der Waals surface area contributed by atoms with Crippen LogP contribution in [0.4, 0.5) is 0 Å². The van der Waals surface area contributed by atoms with E-state index in [0.29, 0.717) is 13.0 Å². The van der Waals surface area contributed by atoms with Crippen molar-refractivity contribution in [3.05, 3.63) is 11.6 Å². The molecule has 1 atom stereocenters. The van der Waals surface area contributed by atoms with Crippen molar-refractivity contribution in [1.82, 2.24) is 0 Å². The molecule has 0 aliphatic heterocycles. The van der Waals surface area contributed by atoms with Crippen molar-refractivity contribution in [2.24, 2.45) is 5.73 Å². The number of rotatable bonds is 3. The van der Waals surface area contributed by atoms with Gasteiger partial charge in [0.2, 0.25) is 0 Å². The molecule has 1 aliphatic carbocycles. The number of allylic oxidation sites excluding steroid dienone is 1. The molecule has 0 aromatic rings. The van der Waals surface area contributed by atoms with Crippen molar-refractivity contribution in [3.8, 4) is 0 Å². The largest absolute Gasteiger partial charge is 0.389 e. The predicted octanol–water partition coefficient (Wildman–Crippen LogP) is 1.20. The summed E-state index contributed by atoms with van der Waals surface area (Å²) in [6.07, 6.45) is 7.33. The van der Waals surface area contributed by atoms with Gasteiger partial charge in [-0.2, -0.15) is 0 Å². The molecule has 0 bridgehead atoms. The fourth-order valence-corrected chi connectivity index (χ4v) is 1.51. The molecule has 11 heavy (non-hydrogen) atoms. The molecule has 1 aliphatic rings. The molecule has 0 spiro atoms. The highest BCUT2D eigenvalue weighted by atomic mass is 16.3. The van der Waals surface area contributed by atoms with E-state index in [2.05, 4.69) is 6.08 Å². The third-order valence-corrected chi connectivity index (χ3v) is 2.19. The minimum atomic E-state index is -0.264. The molecule has 2 heteroatoms. The van der Waals surface area contributed by atoms with Crippen molar-refractivity contribution in [1.29, 1.82) is 0 Å². The minimum Gasteiger partial charge on any atom is -0.389 e. The van der Waals surface area contributed by atoms with Gasteiger partial charge in [0.05, 0.1) is 6.10 Å². The lowest BCUT2D eigenvalue weighted by molar-refractivity contribution is 0.196. The molecule has 1 rings (SSSR count). The van der Waals surface area contributed by atoms with Crippen LogP contribution in [-0.4, -0.2) is 17.8 Å². The van der Waals surface area contributed by atoms with E-state index in [1.807, 2.05) is 0 Å². The Kier molecular flexibility index (Phi) is 3.60. The molecule has 0 aromatic carbocycles. The van der Waals surface area contributed by atoms with Crippen molar-refractivity contribution >= 4 is 0 Å². The maximum atomic E-state index is 9.53. The summed E-state index contributed by atoms with van der Waals surface area (Å²) in [4.78, 5) is 0. The van der Waals surface area contributed by atoms with Gasteiger partial charge >= 0.3 is 0 Å². The summed E-state index contributed by atoms with van der Waals surface area (Å²) < 4.78 is 0. The van der Waals surface area contributed by atoms with Crippen LogP contribution < -0.4 is 5.73 Å². The number of nitrogens with two attached hydrogens (primary N) is 1. The molecule has 64 valence electrons. The zero-order valence-corrected chi connectivity index (χ0v) is 6.92. The third kappa shape index (κ3) is 2.64. The molecule has 0 heterocycles. The Labute approximate surface area is 68.1 Å². The van der Waals surface area contributed by atoms with Gasteiger partial charge in [0, 0.05) is 0 Å². The number of aliphatic hydroxyl groups is 1. The third-order valence-electron chi connectivity index (χ3n) is 2.19. The highest BCUT2D eigenvalue weighted by molar-refractivity contribution is 5.10. The summed E-state index contributed by atoms with van der Waals surface area (Å²) >= 11 is 0. The van der Waals surface area contributed by atoms with Crippen LogP contribution >= 0.6 is 0 Å². The molecular formula is C9H17NO. The smallest absolute Gasteiger partial charge is 0.0762 e. The first-order valence-corrected chi connectivity index (χ1v) is 4.41. The van der Waals surface area contributed by atoms with E-state index in [0.717, 1.165) is 12.8 Å². The average Bonchev–Trinajstić information content (AvgIpc) is 2.07. The lowest BCUT2D eigenvalue weighted by atomic mass is 9.94. The van der Waals surface area contributed by atoms with Gasteiger partial charge in [-0.25, -0.2) is 0 Å². The zero-order valence-electron chi connectivity index (χ0n) is 6.92. The first-order valence-electron chi connectivity index (χ1n) is 4.41. The number of hydrogen-bond acceptors (Lipinski definition) is 2. The van der Waals surface area contributed by atoms with Gasteiger partial charge in [-0.15, -0.1) is 0 Å². The van der Waals surface area contributed by atoms with Crippen LogP contribution in [0.15, 0.2) is 11.6 Å². The average molecular weight is 155 g/mol. The quantitative estimate of drug-likeness (QED) is 0.601. The molecule has 0 saturated carbocycles. The van der Waals surface area contributed by atoms with Gasteiger partial charge in [0.15, 0.2) is 0 Å². The fraction of sp³-hybridized carbons (Fsp3) is 0.778. The van der Waals surface area contributed by atoms with Gasteiger partial charge in [-0.3, -0.25) is 0 Å². The van der Waals surface area contributed by atoms with Crippen LogP contribution in [0.5, 0.6) is 0 Å². The molecular weight excluding hydrogens is 138 g/mol. The van der Waals surface area contributed by atoms with Crippen LogP contribution in [0.2, 0.25) is 0 Å². The maximum Gasteiger partial charge on any atom is 0.0762 e. The van der Waals surface area contributed by atoms with Crippen LogP contribution in [0.3, 0.4) is 0 Å². The molecule has 1 unspecified atom stereocenters. The van der Waals surface area contributed by atoms with E-state index < -0.39 is 0 Å². The molecule has 0 radical (unpaired) electrons. The van der Waals surface area contributed by atoms with Crippen LogP contribution in [0.25, 0.3) is 0 Å². The monoisotopic (exact) mass is 155 g/mol. The maximum absolute atomic E-state index is 9.53. The Morgan fingerprint density at radius 2 is 2.36 bits per heavy atom. The lowest BCUT2D eigenvalue weighted by Crippen LogP contribution is -2.17. The molecule has 2 nitrogen and oxygen atoms in total. The summed E-state index contributed by atoms with van der Waals surface area (Å²) in [5.41, 5.74) is 6.56. The van der Waals surface area contributed by atoms with Crippen LogP contribution in [-0.2, 0) is 0 Å². The predicted molar refractivity (Wildman–Crippen MR) is 46.2 cm³/mol.